The highest BCUT2D eigenvalue weighted by Crippen LogP contribution is 2.38. The van der Waals surface area contributed by atoms with Crippen LogP contribution in [0.1, 0.15) is 16.5 Å². The minimum atomic E-state index is -0.780. The van der Waals surface area contributed by atoms with Gasteiger partial charge in [0, 0.05) is 18.4 Å². The first-order valence-electron chi connectivity index (χ1n) is 7.25. The summed E-state index contributed by atoms with van der Waals surface area (Å²) in [7, 11) is 0. The summed E-state index contributed by atoms with van der Waals surface area (Å²) in [4.78, 5) is 14.1. The third-order valence-electron chi connectivity index (χ3n) is 3.69. The quantitative estimate of drug-likeness (QED) is 0.874. The van der Waals surface area contributed by atoms with Gasteiger partial charge in [-0.05, 0) is 24.6 Å². The highest BCUT2D eigenvalue weighted by atomic mass is 32.2. The van der Waals surface area contributed by atoms with Gasteiger partial charge in [-0.2, -0.15) is 0 Å². The van der Waals surface area contributed by atoms with Crippen molar-refractivity contribution >= 4 is 23.5 Å². The Hall–Kier alpha value is -2.08. The Kier molecular flexibility index (Phi) is 4.52. The predicted octanol–water partition coefficient (Wildman–Crippen LogP) is 4.55. The standard InChI is InChI=1S/C17H16F2N2OS/c1-11-2-4-12(5-3-11)16-21(8-9-23-16)17(22)20-15-7-6-13(18)10-14(15)19/h2-7,10,16H,8-9H2,1H3,(H,20,22). The summed E-state index contributed by atoms with van der Waals surface area (Å²) in [6.45, 7) is 2.59. The van der Waals surface area contributed by atoms with Crippen molar-refractivity contribution in [3.05, 3.63) is 65.2 Å². The van der Waals surface area contributed by atoms with Crippen molar-refractivity contribution in [2.45, 2.75) is 12.3 Å². The first-order valence-corrected chi connectivity index (χ1v) is 8.30. The number of rotatable bonds is 2. The smallest absolute Gasteiger partial charge is 0.308 e. The van der Waals surface area contributed by atoms with E-state index in [2.05, 4.69) is 5.32 Å². The largest absolute Gasteiger partial charge is 0.323 e. The van der Waals surface area contributed by atoms with Gasteiger partial charge in [-0.15, -0.1) is 11.8 Å². The molecule has 3 rings (SSSR count). The van der Waals surface area contributed by atoms with Crippen LogP contribution in [-0.2, 0) is 0 Å². The van der Waals surface area contributed by atoms with Crippen molar-refractivity contribution in [1.29, 1.82) is 0 Å². The van der Waals surface area contributed by atoms with Crippen molar-refractivity contribution in [3.8, 4) is 0 Å². The van der Waals surface area contributed by atoms with Gasteiger partial charge in [0.15, 0.2) is 0 Å². The molecule has 3 nitrogen and oxygen atoms in total. The fraction of sp³-hybridized carbons (Fsp3) is 0.235. The van der Waals surface area contributed by atoms with Gasteiger partial charge >= 0.3 is 6.03 Å². The van der Waals surface area contributed by atoms with Crippen LogP contribution in [0.25, 0.3) is 0 Å². The molecule has 1 unspecified atom stereocenters. The number of halogens is 2. The van der Waals surface area contributed by atoms with Crippen molar-refractivity contribution in [1.82, 2.24) is 4.90 Å². The van der Waals surface area contributed by atoms with Gasteiger partial charge in [0.2, 0.25) is 0 Å². The molecule has 23 heavy (non-hydrogen) atoms. The van der Waals surface area contributed by atoms with Crippen molar-refractivity contribution in [3.63, 3.8) is 0 Å². The average Bonchev–Trinajstić information content (AvgIpc) is 3.00. The van der Waals surface area contributed by atoms with E-state index in [1.54, 1.807) is 16.7 Å². The zero-order chi connectivity index (χ0) is 16.4. The van der Waals surface area contributed by atoms with Gasteiger partial charge < -0.3 is 10.2 Å². The van der Waals surface area contributed by atoms with Crippen molar-refractivity contribution in [2.24, 2.45) is 0 Å². The van der Waals surface area contributed by atoms with Gasteiger partial charge in [-0.25, -0.2) is 13.6 Å². The van der Waals surface area contributed by atoms with Gasteiger partial charge in [0.1, 0.15) is 17.0 Å². The Morgan fingerprint density at radius 2 is 1.96 bits per heavy atom. The normalized spacial score (nSPS) is 17.3. The molecule has 0 aromatic heterocycles. The van der Waals surface area contributed by atoms with E-state index in [-0.39, 0.29) is 17.1 Å². The van der Waals surface area contributed by atoms with Crippen LogP contribution in [0.2, 0.25) is 0 Å². The lowest BCUT2D eigenvalue weighted by molar-refractivity contribution is 0.214. The van der Waals surface area contributed by atoms with E-state index in [1.807, 2.05) is 31.2 Å². The zero-order valence-corrected chi connectivity index (χ0v) is 13.4. The molecule has 1 heterocycles. The molecule has 0 saturated carbocycles. The van der Waals surface area contributed by atoms with Gasteiger partial charge in [0.25, 0.3) is 0 Å². The summed E-state index contributed by atoms with van der Waals surface area (Å²) < 4.78 is 26.6. The Bertz CT molecular complexity index is 721. The number of hydrogen-bond donors (Lipinski definition) is 1. The number of benzene rings is 2. The van der Waals surface area contributed by atoms with E-state index in [1.165, 1.54) is 6.07 Å². The predicted molar refractivity (Wildman–Crippen MR) is 88.5 cm³/mol. The Balaban J connectivity index is 1.76. The van der Waals surface area contributed by atoms with Crippen LogP contribution >= 0.6 is 11.8 Å². The summed E-state index contributed by atoms with van der Waals surface area (Å²) in [6.07, 6.45) is 0. The maximum atomic E-state index is 13.7. The van der Waals surface area contributed by atoms with Crippen LogP contribution < -0.4 is 5.32 Å². The molecule has 0 aliphatic carbocycles. The topological polar surface area (TPSA) is 32.3 Å². The number of urea groups is 1. The average molecular weight is 334 g/mol. The molecule has 0 bridgehead atoms. The van der Waals surface area contributed by atoms with Gasteiger partial charge in [0.05, 0.1) is 5.69 Å². The summed E-state index contributed by atoms with van der Waals surface area (Å²) in [5.74, 6) is -0.635. The number of anilines is 1. The first-order chi connectivity index (χ1) is 11.0. The number of thioether (sulfide) groups is 1. The molecule has 1 aliphatic heterocycles. The maximum absolute atomic E-state index is 13.7. The third kappa shape index (κ3) is 3.47. The van der Waals surface area contributed by atoms with Crippen LogP contribution in [0.3, 0.4) is 0 Å². The molecule has 2 aromatic carbocycles. The number of carbonyl (C=O) groups is 1. The van der Waals surface area contributed by atoms with Crippen LogP contribution in [0, 0.1) is 18.6 Å². The van der Waals surface area contributed by atoms with Gasteiger partial charge in [-0.1, -0.05) is 29.8 Å². The van der Waals surface area contributed by atoms with Crippen LogP contribution in [0.4, 0.5) is 19.3 Å². The van der Waals surface area contributed by atoms with E-state index in [0.717, 1.165) is 29.0 Å². The molecular weight excluding hydrogens is 318 g/mol. The van der Waals surface area contributed by atoms with Gasteiger partial charge in [-0.3, -0.25) is 0 Å². The lowest BCUT2D eigenvalue weighted by atomic mass is 10.1. The molecule has 1 aliphatic rings. The Morgan fingerprint density at radius 1 is 1.22 bits per heavy atom. The Labute approximate surface area is 137 Å². The molecule has 0 radical (unpaired) electrons. The van der Waals surface area contributed by atoms with E-state index in [0.29, 0.717) is 6.54 Å². The first kappa shape index (κ1) is 15.8. The molecule has 2 amide bonds. The number of amides is 2. The lowest BCUT2D eigenvalue weighted by Gasteiger charge is -2.24. The molecule has 1 atom stereocenters. The Morgan fingerprint density at radius 3 is 2.65 bits per heavy atom. The molecule has 0 spiro atoms. The maximum Gasteiger partial charge on any atom is 0.323 e. The highest BCUT2D eigenvalue weighted by Gasteiger charge is 2.31. The molecule has 6 heteroatoms. The number of aryl methyl sites for hydroxylation is 1. The van der Waals surface area contributed by atoms with Crippen molar-refractivity contribution in [2.75, 3.05) is 17.6 Å². The van der Waals surface area contributed by atoms with E-state index < -0.39 is 11.6 Å². The van der Waals surface area contributed by atoms with E-state index in [9.17, 15) is 13.6 Å². The number of nitrogens with one attached hydrogen (secondary N) is 1. The number of hydrogen-bond acceptors (Lipinski definition) is 2. The molecule has 1 saturated heterocycles. The van der Waals surface area contributed by atoms with Crippen LogP contribution in [-0.4, -0.2) is 23.2 Å². The van der Waals surface area contributed by atoms with Crippen LogP contribution in [0.5, 0.6) is 0 Å². The number of nitrogens with zero attached hydrogens (tertiary/aromatic N) is 1. The molecule has 1 fully saturated rings. The molecule has 120 valence electrons. The second kappa shape index (κ2) is 6.58. The summed E-state index contributed by atoms with van der Waals surface area (Å²) >= 11 is 1.67. The zero-order valence-electron chi connectivity index (χ0n) is 12.6. The highest BCUT2D eigenvalue weighted by molar-refractivity contribution is 7.99. The minimum Gasteiger partial charge on any atom is -0.308 e. The minimum absolute atomic E-state index is 0.0176. The SMILES string of the molecule is Cc1ccc(C2SCCN2C(=O)Nc2ccc(F)cc2F)cc1. The fourth-order valence-corrected chi connectivity index (χ4v) is 3.72. The molecule has 2 aromatic rings. The second-order valence-corrected chi connectivity index (χ2v) is 6.57. The van der Waals surface area contributed by atoms with E-state index in [4.69, 9.17) is 0 Å². The lowest BCUT2D eigenvalue weighted by Crippen LogP contribution is -2.34. The van der Waals surface area contributed by atoms with Crippen LogP contribution in [0.15, 0.2) is 42.5 Å². The monoisotopic (exact) mass is 334 g/mol. The second-order valence-electron chi connectivity index (χ2n) is 5.38. The summed E-state index contributed by atoms with van der Waals surface area (Å²) in [6, 6.07) is 10.7. The number of carbonyl (C=O) groups excluding carboxylic acids is 1. The molecule has 1 N–H and O–H groups in total. The fourth-order valence-electron chi connectivity index (χ4n) is 2.46. The third-order valence-corrected chi connectivity index (χ3v) is 4.95. The summed E-state index contributed by atoms with van der Waals surface area (Å²) in [5, 5.41) is 2.42. The van der Waals surface area contributed by atoms with E-state index >= 15 is 0 Å². The summed E-state index contributed by atoms with van der Waals surface area (Å²) in [5.41, 5.74) is 2.17. The molecular formula is C17H16F2N2OS. The van der Waals surface area contributed by atoms with Crippen molar-refractivity contribution < 1.29 is 13.6 Å².